The number of ether oxygens (including phenoxy) is 1. The third-order valence-electron chi connectivity index (χ3n) is 2.48. The number of aliphatic carboxylic acids is 1. The summed E-state index contributed by atoms with van der Waals surface area (Å²) in [6, 6.07) is 4.15. The van der Waals surface area contributed by atoms with Crippen LogP contribution in [0, 0.1) is 17.0 Å². The highest BCUT2D eigenvalue weighted by Gasteiger charge is 2.20. The van der Waals surface area contributed by atoms with Crippen molar-refractivity contribution in [1.82, 2.24) is 0 Å². The van der Waals surface area contributed by atoms with E-state index < -0.39 is 17.0 Å². The van der Waals surface area contributed by atoms with Gasteiger partial charge in [-0.3, -0.25) is 10.1 Å². The van der Waals surface area contributed by atoms with Gasteiger partial charge in [0, 0.05) is 6.07 Å². The van der Waals surface area contributed by atoms with Crippen LogP contribution in [0.2, 0.25) is 0 Å². The molecule has 6 nitrogen and oxygen atoms in total. The minimum absolute atomic E-state index is 0.115. The molecule has 0 aliphatic rings. The molecular weight excluding hydrogens is 238 g/mol. The van der Waals surface area contributed by atoms with Crippen molar-refractivity contribution in [3.05, 3.63) is 33.9 Å². The number of hydrogen-bond acceptors (Lipinski definition) is 4. The number of carboxylic acids is 1. The first kappa shape index (κ1) is 14.0. The van der Waals surface area contributed by atoms with Crippen molar-refractivity contribution in [2.75, 3.05) is 0 Å². The first-order valence-electron chi connectivity index (χ1n) is 5.60. The van der Waals surface area contributed by atoms with E-state index in [4.69, 9.17) is 9.84 Å². The van der Waals surface area contributed by atoms with E-state index in [-0.39, 0.29) is 11.4 Å². The molecule has 0 aliphatic heterocycles. The molecule has 1 rings (SSSR count). The number of carbonyl (C=O) groups is 1. The summed E-state index contributed by atoms with van der Waals surface area (Å²) in [7, 11) is 0. The normalized spacial score (nSPS) is 11.9. The van der Waals surface area contributed by atoms with Crippen molar-refractivity contribution in [2.24, 2.45) is 0 Å². The van der Waals surface area contributed by atoms with Crippen LogP contribution >= 0.6 is 0 Å². The summed E-state index contributed by atoms with van der Waals surface area (Å²) in [6.45, 7) is 3.56. The summed E-state index contributed by atoms with van der Waals surface area (Å²) in [4.78, 5) is 21.1. The fourth-order valence-corrected chi connectivity index (χ4v) is 1.48. The Labute approximate surface area is 104 Å². The van der Waals surface area contributed by atoms with E-state index in [9.17, 15) is 14.9 Å². The Morgan fingerprint density at radius 2 is 2.22 bits per heavy atom. The second-order valence-corrected chi connectivity index (χ2v) is 3.94. The zero-order valence-electron chi connectivity index (χ0n) is 10.3. The quantitative estimate of drug-likeness (QED) is 0.621. The average Bonchev–Trinajstić information content (AvgIpc) is 2.30. The number of carboxylic acid groups (broad SMARTS) is 1. The van der Waals surface area contributed by atoms with E-state index in [1.165, 1.54) is 12.1 Å². The molecule has 0 spiro atoms. The third kappa shape index (κ3) is 3.44. The fourth-order valence-electron chi connectivity index (χ4n) is 1.48. The molecule has 0 bridgehead atoms. The predicted molar refractivity (Wildman–Crippen MR) is 64.8 cm³/mol. The van der Waals surface area contributed by atoms with Crippen LogP contribution < -0.4 is 4.74 Å². The molecule has 0 aromatic heterocycles. The van der Waals surface area contributed by atoms with Crippen LogP contribution in [-0.2, 0) is 4.79 Å². The number of non-ortho nitro benzene ring substituents is 1. The minimum atomic E-state index is -1.07. The molecule has 1 unspecified atom stereocenters. The van der Waals surface area contributed by atoms with Crippen molar-refractivity contribution in [1.29, 1.82) is 0 Å². The van der Waals surface area contributed by atoms with Gasteiger partial charge < -0.3 is 9.84 Å². The highest BCUT2D eigenvalue weighted by Crippen LogP contribution is 2.25. The second kappa shape index (κ2) is 6.00. The van der Waals surface area contributed by atoms with Crippen LogP contribution in [0.1, 0.15) is 25.3 Å². The molecule has 0 heterocycles. The number of hydrogen-bond donors (Lipinski definition) is 1. The standard InChI is InChI=1S/C12H15NO5/c1-3-4-10(12(14)15)18-11-7-9(13(16)17)6-5-8(11)2/h5-7,10H,3-4H2,1-2H3,(H,14,15). The second-order valence-electron chi connectivity index (χ2n) is 3.94. The lowest BCUT2D eigenvalue weighted by Gasteiger charge is -2.15. The van der Waals surface area contributed by atoms with Crippen molar-refractivity contribution >= 4 is 11.7 Å². The van der Waals surface area contributed by atoms with Gasteiger partial charge in [0.2, 0.25) is 0 Å². The molecule has 98 valence electrons. The minimum Gasteiger partial charge on any atom is -0.479 e. The van der Waals surface area contributed by atoms with Gasteiger partial charge in [0.05, 0.1) is 11.0 Å². The van der Waals surface area contributed by atoms with Crippen LogP contribution in [0.3, 0.4) is 0 Å². The molecule has 0 amide bonds. The first-order chi connectivity index (χ1) is 8.45. The molecule has 1 aromatic rings. The molecule has 18 heavy (non-hydrogen) atoms. The van der Waals surface area contributed by atoms with Gasteiger partial charge in [-0.1, -0.05) is 13.3 Å². The molecule has 1 N–H and O–H groups in total. The van der Waals surface area contributed by atoms with Crippen LogP contribution in [-0.4, -0.2) is 22.1 Å². The number of nitro groups is 1. The summed E-state index contributed by atoms with van der Waals surface area (Å²) >= 11 is 0. The van der Waals surface area contributed by atoms with Gasteiger partial charge in [0.25, 0.3) is 5.69 Å². The summed E-state index contributed by atoms with van der Waals surface area (Å²) in [5, 5.41) is 19.6. The summed E-state index contributed by atoms with van der Waals surface area (Å²) in [5.74, 6) is -0.826. The maximum absolute atomic E-state index is 11.0. The lowest BCUT2D eigenvalue weighted by molar-refractivity contribution is -0.385. The van der Waals surface area contributed by atoms with Crippen LogP contribution in [0.15, 0.2) is 18.2 Å². The largest absolute Gasteiger partial charge is 0.479 e. The van der Waals surface area contributed by atoms with E-state index in [0.29, 0.717) is 18.4 Å². The number of nitrogens with zero attached hydrogens (tertiary/aromatic N) is 1. The molecule has 0 radical (unpaired) electrons. The molecule has 1 atom stereocenters. The van der Waals surface area contributed by atoms with Gasteiger partial charge >= 0.3 is 5.97 Å². The third-order valence-corrected chi connectivity index (χ3v) is 2.48. The van der Waals surface area contributed by atoms with Crippen molar-refractivity contribution in [3.63, 3.8) is 0 Å². The van der Waals surface area contributed by atoms with Crippen LogP contribution in [0.5, 0.6) is 5.75 Å². The van der Waals surface area contributed by atoms with Crippen molar-refractivity contribution in [3.8, 4) is 5.75 Å². The summed E-state index contributed by atoms with van der Waals surface area (Å²) in [5.41, 5.74) is 0.555. The molecule has 0 saturated heterocycles. The van der Waals surface area contributed by atoms with Gasteiger partial charge in [-0.2, -0.15) is 0 Å². The number of nitro benzene ring substituents is 1. The highest BCUT2D eigenvalue weighted by molar-refractivity contribution is 5.72. The van der Waals surface area contributed by atoms with Gasteiger partial charge in [-0.25, -0.2) is 4.79 Å². The van der Waals surface area contributed by atoms with E-state index in [0.717, 1.165) is 0 Å². The van der Waals surface area contributed by atoms with E-state index in [1.807, 2.05) is 6.92 Å². The molecule has 0 aliphatic carbocycles. The fraction of sp³-hybridized carbons (Fsp3) is 0.417. The molecule has 1 aromatic carbocycles. The average molecular weight is 253 g/mol. The highest BCUT2D eigenvalue weighted by atomic mass is 16.6. The Kier molecular flexibility index (Phi) is 4.65. The van der Waals surface area contributed by atoms with E-state index in [1.54, 1.807) is 13.0 Å². The Morgan fingerprint density at radius 3 is 2.72 bits per heavy atom. The Bertz CT molecular complexity index is 458. The monoisotopic (exact) mass is 253 g/mol. The van der Waals surface area contributed by atoms with Gasteiger partial charge in [0.15, 0.2) is 6.10 Å². The van der Waals surface area contributed by atoms with Crippen molar-refractivity contribution < 1.29 is 19.6 Å². The van der Waals surface area contributed by atoms with Gasteiger partial charge in [0.1, 0.15) is 5.75 Å². The SMILES string of the molecule is CCCC(Oc1cc([N+](=O)[O-])ccc1C)C(=O)O. The summed E-state index contributed by atoms with van der Waals surface area (Å²) in [6.07, 6.45) is 0.0401. The Morgan fingerprint density at radius 1 is 1.56 bits per heavy atom. The Balaban J connectivity index is 2.97. The maximum Gasteiger partial charge on any atom is 0.344 e. The lowest BCUT2D eigenvalue weighted by atomic mass is 10.2. The van der Waals surface area contributed by atoms with Crippen LogP contribution in [0.25, 0.3) is 0 Å². The first-order valence-corrected chi connectivity index (χ1v) is 5.60. The van der Waals surface area contributed by atoms with Gasteiger partial charge in [-0.05, 0) is 25.0 Å². The number of rotatable bonds is 6. The predicted octanol–water partition coefficient (Wildman–Crippen LogP) is 2.54. The molecule has 0 fully saturated rings. The van der Waals surface area contributed by atoms with Crippen molar-refractivity contribution in [2.45, 2.75) is 32.8 Å². The van der Waals surface area contributed by atoms with E-state index in [2.05, 4.69) is 0 Å². The van der Waals surface area contributed by atoms with Gasteiger partial charge in [-0.15, -0.1) is 0 Å². The summed E-state index contributed by atoms with van der Waals surface area (Å²) < 4.78 is 5.33. The smallest absolute Gasteiger partial charge is 0.344 e. The zero-order chi connectivity index (χ0) is 13.7. The molecule has 6 heteroatoms. The molecule has 0 saturated carbocycles. The zero-order valence-corrected chi connectivity index (χ0v) is 10.3. The molecular formula is C12H15NO5. The number of benzene rings is 1. The lowest BCUT2D eigenvalue weighted by Crippen LogP contribution is -2.27. The van der Waals surface area contributed by atoms with Crippen LogP contribution in [0.4, 0.5) is 5.69 Å². The number of aryl methyl sites for hydroxylation is 1. The maximum atomic E-state index is 11.0. The topological polar surface area (TPSA) is 89.7 Å². The van der Waals surface area contributed by atoms with E-state index >= 15 is 0 Å². The Hall–Kier alpha value is -2.11.